The maximum Gasteiger partial charge on any atom is 0.280 e. The number of halogens is 1. The minimum absolute atomic E-state index is 0.0180. The Kier molecular flexibility index (Phi) is 3.06. The first-order valence-electron chi connectivity index (χ1n) is 8.76. The number of ether oxygens (including phenoxy) is 1. The van der Waals surface area contributed by atoms with Crippen LogP contribution in [-0.4, -0.2) is 35.3 Å². The highest BCUT2D eigenvalue weighted by Crippen LogP contribution is 2.63. The van der Waals surface area contributed by atoms with E-state index in [-0.39, 0.29) is 30.0 Å². The lowest BCUT2D eigenvalue weighted by Crippen LogP contribution is -2.22. The molecule has 1 aromatic carbocycles. The number of hydrogen-bond donors (Lipinski definition) is 0. The van der Waals surface area contributed by atoms with Crippen LogP contribution in [0.15, 0.2) is 40.2 Å². The molecule has 1 aliphatic heterocycles. The molecule has 3 atom stereocenters. The number of nitrogens with zero attached hydrogens (tertiary/aromatic N) is 6. The van der Waals surface area contributed by atoms with E-state index in [4.69, 9.17) is 20.9 Å². The number of rotatable bonds is 3. The van der Waals surface area contributed by atoms with E-state index in [0.29, 0.717) is 27.9 Å². The predicted octanol–water partition coefficient (Wildman–Crippen LogP) is 1.86. The summed E-state index contributed by atoms with van der Waals surface area (Å²) in [5.74, 6) is 1.91. The van der Waals surface area contributed by atoms with Crippen molar-refractivity contribution in [1.29, 1.82) is 0 Å². The van der Waals surface area contributed by atoms with Gasteiger partial charge >= 0.3 is 0 Å². The molecule has 4 heterocycles. The van der Waals surface area contributed by atoms with E-state index in [2.05, 4.69) is 20.1 Å². The van der Waals surface area contributed by atoms with Crippen molar-refractivity contribution in [2.45, 2.75) is 24.5 Å². The van der Waals surface area contributed by atoms with E-state index in [1.807, 2.05) is 18.2 Å². The molecule has 1 unspecified atom stereocenters. The Morgan fingerprint density at radius 2 is 2.07 bits per heavy atom. The fraction of sp³-hybridized carbons (Fsp3) is 0.278. The van der Waals surface area contributed by atoms with E-state index in [1.165, 1.54) is 10.9 Å². The normalized spacial score (nSPS) is 22.1. The van der Waals surface area contributed by atoms with E-state index in [1.54, 1.807) is 17.9 Å². The zero-order valence-corrected chi connectivity index (χ0v) is 15.4. The molecule has 0 radical (unpaired) electrons. The summed E-state index contributed by atoms with van der Waals surface area (Å²) < 4.78 is 14.4. The number of benzene rings is 1. The van der Waals surface area contributed by atoms with Crippen LogP contribution in [0.5, 0.6) is 5.75 Å². The van der Waals surface area contributed by atoms with Crippen molar-refractivity contribution in [1.82, 2.24) is 29.2 Å². The van der Waals surface area contributed by atoms with Crippen molar-refractivity contribution < 1.29 is 9.26 Å². The second-order valence-corrected chi connectivity index (χ2v) is 7.45. The van der Waals surface area contributed by atoms with Gasteiger partial charge in [-0.1, -0.05) is 28.9 Å². The molecule has 0 saturated heterocycles. The molecule has 10 heteroatoms. The van der Waals surface area contributed by atoms with E-state index in [0.717, 1.165) is 11.3 Å². The number of imidazole rings is 1. The highest BCUT2D eigenvalue weighted by Gasteiger charge is 2.62. The predicted molar refractivity (Wildman–Crippen MR) is 97.5 cm³/mol. The van der Waals surface area contributed by atoms with Gasteiger partial charge in [0.15, 0.2) is 17.0 Å². The Hall–Kier alpha value is -3.20. The smallest absolute Gasteiger partial charge is 0.280 e. The van der Waals surface area contributed by atoms with E-state index >= 15 is 0 Å². The molecule has 1 aliphatic carbocycles. The van der Waals surface area contributed by atoms with Gasteiger partial charge in [-0.05, 0) is 6.07 Å². The summed E-state index contributed by atoms with van der Waals surface area (Å²) in [5, 5.41) is 4.72. The Bertz CT molecular complexity index is 1310. The van der Waals surface area contributed by atoms with E-state index in [9.17, 15) is 4.79 Å². The van der Waals surface area contributed by atoms with Gasteiger partial charge < -0.3 is 13.8 Å². The van der Waals surface area contributed by atoms with Crippen LogP contribution in [0, 0.1) is 0 Å². The van der Waals surface area contributed by atoms with Crippen LogP contribution >= 0.6 is 11.6 Å². The van der Waals surface area contributed by atoms with Crippen molar-refractivity contribution in [3.63, 3.8) is 0 Å². The highest BCUT2D eigenvalue weighted by molar-refractivity contribution is 6.32. The summed E-state index contributed by atoms with van der Waals surface area (Å²) in [6.07, 6.45) is 2.98. The first-order valence-corrected chi connectivity index (χ1v) is 9.13. The average molecular weight is 397 g/mol. The maximum absolute atomic E-state index is 12.6. The highest BCUT2D eigenvalue weighted by atomic mass is 35.5. The van der Waals surface area contributed by atoms with Crippen molar-refractivity contribution >= 4 is 22.8 Å². The molecule has 3 aromatic heterocycles. The fourth-order valence-corrected chi connectivity index (χ4v) is 4.18. The van der Waals surface area contributed by atoms with Gasteiger partial charge in [-0.3, -0.25) is 9.36 Å². The molecule has 28 heavy (non-hydrogen) atoms. The van der Waals surface area contributed by atoms with Crippen LogP contribution < -0.4 is 10.3 Å². The zero-order valence-electron chi connectivity index (χ0n) is 14.6. The van der Waals surface area contributed by atoms with Crippen LogP contribution in [0.4, 0.5) is 0 Å². The topological polar surface area (TPSA) is 101 Å². The molecule has 0 spiro atoms. The zero-order chi connectivity index (χ0) is 19.0. The molecule has 2 aliphatic rings. The average Bonchev–Trinajstić information content (AvgIpc) is 3.04. The number of fused-ring (bicyclic) bond motifs is 4. The molecule has 1 fully saturated rings. The van der Waals surface area contributed by atoms with Gasteiger partial charge in [0.05, 0.1) is 17.3 Å². The van der Waals surface area contributed by atoms with Gasteiger partial charge in [0.2, 0.25) is 5.89 Å². The van der Waals surface area contributed by atoms with Gasteiger partial charge in [-0.25, -0.2) is 9.97 Å². The van der Waals surface area contributed by atoms with Gasteiger partial charge in [-0.2, -0.15) is 4.98 Å². The first kappa shape index (κ1) is 15.8. The first-order chi connectivity index (χ1) is 13.6. The standard InChI is InChI=1S/C18H13ClN6O3/c1-24-6-20-17-13(24)18(26)25(7-21-17)5-10-22-16(23-28-10)12-11-8-3-2-4-9(19)14(8)27-15(11)12/h2-4,6-7,11-12,15H,5H2,1H3/t11?,12-,15-/m1/s1. The van der Waals surface area contributed by atoms with Crippen molar-refractivity contribution in [2.24, 2.45) is 7.05 Å². The summed E-state index contributed by atoms with van der Waals surface area (Å²) in [6, 6.07) is 5.75. The largest absolute Gasteiger partial charge is 0.487 e. The minimum Gasteiger partial charge on any atom is -0.487 e. The Morgan fingerprint density at radius 3 is 2.96 bits per heavy atom. The summed E-state index contributed by atoms with van der Waals surface area (Å²) in [4.78, 5) is 25.4. The summed E-state index contributed by atoms with van der Waals surface area (Å²) in [7, 11) is 1.75. The third-order valence-electron chi connectivity index (χ3n) is 5.35. The Morgan fingerprint density at radius 1 is 1.21 bits per heavy atom. The molecular weight excluding hydrogens is 384 g/mol. The molecule has 0 amide bonds. The van der Waals surface area contributed by atoms with Crippen molar-refractivity contribution in [2.75, 3.05) is 0 Å². The second kappa shape index (κ2) is 5.41. The monoisotopic (exact) mass is 396 g/mol. The van der Waals surface area contributed by atoms with Crippen LogP contribution in [0.25, 0.3) is 11.2 Å². The molecule has 4 aromatic rings. The third-order valence-corrected chi connectivity index (χ3v) is 5.65. The second-order valence-electron chi connectivity index (χ2n) is 7.04. The molecule has 140 valence electrons. The number of aryl methyl sites for hydroxylation is 1. The maximum atomic E-state index is 12.6. The van der Waals surface area contributed by atoms with Crippen molar-refractivity contribution in [3.8, 4) is 5.75 Å². The van der Waals surface area contributed by atoms with Gasteiger partial charge in [-0.15, -0.1) is 0 Å². The lowest BCUT2D eigenvalue weighted by molar-refractivity contribution is 0.306. The van der Waals surface area contributed by atoms with Crippen LogP contribution in [0.3, 0.4) is 0 Å². The molecular formula is C18H13ClN6O3. The molecule has 0 N–H and O–H groups in total. The summed E-state index contributed by atoms with van der Waals surface area (Å²) in [5.41, 5.74) is 1.71. The van der Waals surface area contributed by atoms with Crippen LogP contribution in [0.1, 0.15) is 29.1 Å². The van der Waals surface area contributed by atoms with Crippen LogP contribution in [0.2, 0.25) is 5.02 Å². The number of para-hydroxylation sites is 1. The molecule has 1 saturated carbocycles. The quantitative estimate of drug-likeness (QED) is 0.521. The van der Waals surface area contributed by atoms with Crippen molar-refractivity contribution in [3.05, 3.63) is 63.5 Å². The molecule has 0 bridgehead atoms. The van der Waals surface area contributed by atoms with E-state index < -0.39 is 0 Å². The van der Waals surface area contributed by atoms with Gasteiger partial charge in [0.1, 0.15) is 24.7 Å². The summed E-state index contributed by atoms with van der Waals surface area (Å²) in [6.45, 7) is 0.144. The Balaban J connectivity index is 1.28. The SMILES string of the molecule is Cn1cnc2ncn(Cc3nc([C@@H]4C5c6cccc(Cl)c6O[C@H]54)no3)c(=O)c21. The minimum atomic E-state index is -0.208. The summed E-state index contributed by atoms with van der Waals surface area (Å²) >= 11 is 6.18. The molecule has 6 rings (SSSR count). The van der Waals surface area contributed by atoms with Gasteiger partial charge in [0.25, 0.3) is 5.56 Å². The Labute approximate surface area is 162 Å². The molecule has 9 nitrogen and oxygen atoms in total. The number of hydrogen-bond acceptors (Lipinski definition) is 7. The van der Waals surface area contributed by atoms with Gasteiger partial charge in [0, 0.05) is 18.5 Å². The number of aromatic nitrogens is 6. The van der Waals surface area contributed by atoms with Crippen LogP contribution in [-0.2, 0) is 13.6 Å². The fourth-order valence-electron chi connectivity index (χ4n) is 3.95. The lowest BCUT2D eigenvalue weighted by atomic mass is 10.1. The lowest BCUT2D eigenvalue weighted by Gasteiger charge is -2.07. The third kappa shape index (κ3) is 2.10.